The Labute approximate surface area is 149 Å². The highest BCUT2D eigenvalue weighted by Gasteiger charge is 2.34. The Kier molecular flexibility index (Phi) is 6.01. The molecule has 0 saturated carbocycles. The molecular weight excluding hydrogens is 433 g/mol. The maximum atomic E-state index is 12.2. The first kappa shape index (κ1) is 18.2. The van der Waals surface area contributed by atoms with Crippen LogP contribution in [0.5, 0.6) is 0 Å². The quantitative estimate of drug-likeness (QED) is 0.501. The van der Waals surface area contributed by atoms with Gasteiger partial charge in [0, 0.05) is 16.2 Å². The fraction of sp³-hybridized carbons (Fsp3) is 0.467. The van der Waals surface area contributed by atoms with Crippen molar-refractivity contribution in [3.63, 3.8) is 0 Å². The number of hydrogen-bond acceptors (Lipinski definition) is 5. The zero-order valence-electron chi connectivity index (χ0n) is 12.7. The van der Waals surface area contributed by atoms with Crippen molar-refractivity contribution in [2.75, 3.05) is 24.7 Å². The average molecular weight is 451 g/mol. The Morgan fingerprint density at radius 1 is 1.30 bits per heavy atom. The predicted octanol–water partition coefficient (Wildman–Crippen LogP) is 1.48. The highest BCUT2D eigenvalue weighted by molar-refractivity contribution is 14.1. The first-order chi connectivity index (χ1) is 10.8. The first-order valence-electron chi connectivity index (χ1n) is 7.25. The van der Waals surface area contributed by atoms with Crippen molar-refractivity contribution in [3.05, 3.63) is 33.4 Å². The number of rotatable bonds is 5. The number of benzene rings is 1. The third kappa shape index (κ3) is 4.90. The molecule has 1 aromatic carbocycles. The van der Waals surface area contributed by atoms with Gasteiger partial charge < -0.3 is 9.64 Å². The molecule has 1 aliphatic heterocycles. The van der Waals surface area contributed by atoms with Crippen LogP contribution in [0.3, 0.4) is 0 Å². The molecule has 0 aliphatic carbocycles. The Morgan fingerprint density at radius 2 is 1.96 bits per heavy atom. The number of hydrogen-bond donors (Lipinski definition) is 0. The van der Waals surface area contributed by atoms with Gasteiger partial charge in [0.2, 0.25) is 0 Å². The normalized spacial score (nSPS) is 19.3. The van der Waals surface area contributed by atoms with Crippen LogP contribution in [0.2, 0.25) is 0 Å². The second kappa shape index (κ2) is 7.61. The summed E-state index contributed by atoms with van der Waals surface area (Å²) in [6.07, 6.45) is 0.437. The smallest absolute Gasteiger partial charge is 0.338 e. The minimum atomic E-state index is -3.06. The van der Waals surface area contributed by atoms with E-state index in [4.69, 9.17) is 4.74 Å². The molecule has 23 heavy (non-hydrogen) atoms. The molecule has 1 aromatic rings. The number of ether oxygens (including phenoxy) is 1. The summed E-state index contributed by atoms with van der Waals surface area (Å²) in [7, 11) is -3.06. The number of nitrogens with zero attached hydrogens (tertiary/aromatic N) is 1. The minimum Gasteiger partial charge on any atom is -0.452 e. The number of sulfone groups is 1. The summed E-state index contributed by atoms with van der Waals surface area (Å²) in [6.45, 7) is 1.79. The second-order valence-corrected chi connectivity index (χ2v) is 8.79. The largest absolute Gasteiger partial charge is 0.452 e. The Bertz CT molecular complexity index is 686. The Balaban J connectivity index is 1.92. The van der Waals surface area contributed by atoms with E-state index >= 15 is 0 Å². The number of esters is 1. The number of likely N-dealkylation sites (N-methyl/N-ethyl adjacent to an activating group) is 1. The van der Waals surface area contributed by atoms with Crippen LogP contribution in [0.1, 0.15) is 23.7 Å². The number of carbonyl (C=O) groups is 2. The number of amides is 1. The molecule has 0 N–H and O–H groups in total. The van der Waals surface area contributed by atoms with Crippen molar-refractivity contribution < 1.29 is 22.7 Å². The highest BCUT2D eigenvalue weighted by atomic mass is 127. The Morgan fingerprint density at radius 3 is 2.48 bits per heavy atom. The van der Waals surface area contributed by atoms with Gasteiger partial charge in [-0.05, 0) is 60.2 Å². The molecule has 1 heterocycles. The molecule has 2 rings (SSSR count). The van der Waals surface area contributed by atoms with Crippen molar-refractivity contribution in [3.8, 4) is 0 Å². The van der Waals surface area contributed by atoms with Crippen LogP contribution < -0.4 is 0 Å². The van der Waals surface area contributed by atoms with Crippen LogP contribution in [0.25, 0.3) is 0 Å². The van der Waals surface area contributed by atoms with Gasteiger partial charge in [0.25, 0.3) is 5.91 Å². The fourth-order valence-electron chi connectivity index (χ4n) is 2.54. The van der Waals surface area contributed by atoms with Crippen LogP contribution in [0.4, 0.5) is 0 Å². The van der Waals surface area contributed by atoms with Crippen LogP contribution in [0, 0.1) is 3.57 Å². The van der Waals surface area contributed by atoms with Gasteiger partial charge in [0.1, 0.15) is 0 Å². The van der Waals surface area contributed by atoms with Gasteiger partial charge in [-0.25, -0.2) is 13.2 Å². The second-order valence-electron chi connectivity index (χ2n) is 5.32. The van der Waals surface area contributed by atoms with E-state index < -0.39 is 15.8 Å². The molecule has 8 heteroatoms. The van der Waals surface area contributed by atoms with Crippen molar-refractivity contribution >= 4 is 44.3 Å². The van der Waals surface area contributed by atoms with E-state index in [0.29, 0.717) is 18.5 Å². The first-order valence-corrected chi connectivity index (χ1v) is 10.1. The average Bonchev–Trinajstić information content (AvgIpc) is 2.86. The molecule has 0 bridgehead atoms. The van der Waals surface area contributed by atoms with Crippen molar-refractivity contribution in [2.45, 2.75) is 19.4 Å². The summed E-state index contributed by atoms with van der Waals surface area (Å²) >= 11 is 2.13. The van der Waals surface area contributed by atoms with E-state index in [1.807, 2.05) is 0 Å². The summed E-state index contributed by atoms with van der Waals surface area (Å²) in [4.78, 5) is 25.6. The number of halogens is 1. The monoisotopic (exact) mass is 451 g/mol. The lowest BCUT2D eigenvalue weighted by atomic mass is 10.2. The lowest BCUT2D eigenvalue weighted by Crippen LogP contribution is -2.43. The highest BCUT2D eigenvalue weighted by Crippen LogP contribution is 2.18. The zero-order valence-corrected chi connectivity index (χ0v) is 15.7. The third-order valence-corrected chi connectivity index (χ3v) is 6.19. The molecule has 6 nitrogen and oxygen atoms in total. The summed E-state index contributed by atoms with van der Waals surface area (Å²) in [5, 5.41) is 0. The molecule has 1 unspecified atom stereocenters. The molecule has 0 aromatic heterocycles. The molecule has 0 spiro atoms. The lowest BCUT2D eigenvalue weighted by molar-refractivity contribution is -0.136. The van der Waals surface area contributed by atoms with Gasteiger partial charge in [-0.1, -0.05) is 0 Å². The van der Waals surface area contributed by atoms with E-state index in [-0.39, 0.29) is 30.1 Å². The summed E-state index contributed by atoms with van der Waals surface area (Å²) in [5.74, 6) is -0.847. The SMILES string of the molecule is CCN(C(=O)COC(=O)c1ccc(I)cc1)C1CCS(=O)(=O)C1. The standard InChI is InChI=1S/C15H18INO5S/c1-2-17(13-7-8-23(20,21)10-13)14(18)9-22-15(19)11-3-5-12(16)6-4-11/h3-6,13H,2,7-10H2,1H3. The lowest BCUT2D eigenvalue weighted by Gasteiger charge is -2.26. The minimum absolute atomic E-state index is 0.0162. The molecule has 1 amide bonds. The van der Waals surface area contributed by atoms with E-state index in [0.717, 1.165) is 3.57 Å². The van der Waals surface area contributed by atoms with Crippen molar-refractivity contribution in [1.29, 1.82) is 0 Å². The number of carbonyl (C=O) groups excluding carboxylic acids is 2. The van der Waals surface area contributed by atoms with Gasteiger partial charge in [0.15, 0.2) is 16.4 Å². The third-order valence-electron chi connectivity index (χ3n) is 3.72. The van der Waals surface area contributed by atoms with Gasteiger partial charge in [0.05, 0.1) is 17.1 Å². The molecule has 1 fully saturated rings. The van der Waals surface area contributed by atoms with E-state index in [9.17, 15) is 18.0 Å². The fourth-order valence-corrected chi connectivity index (χ4v) is 4.63. The predicted molar refractivity (Wildman–Crippen MR) is 93.9 cm³/mol. The molecule has 1 saturated heterocycles. The van der Waals surface area contributed by atoms with E-state index in [1.165, 1.54) is 4.90 Å². The summed E-state index contributed by atoms with van der Waals surface area (Å²) in [6, 6.07) is 6.50. The molecule has 126 valence electrons. The van der Waals surface area contributed by atoms with Crippen LogP contribution in [0.15, 0.2) is 24.3 Å². The molecule has 0 radical (unpaired) electrons. The zero-order chi connectivity index (χ0) is 17.0. The van der Waals surface area contributed by atoms with Gasteiger partial charge in [-0.15, -0.1) is 0 Å². The van der Waals surface area contributed by atoms with Crippen LogP contribution in [-0.4, -0.2) is 55.9 Å². The van der Waals surface area contributed by atoms with Crippen LogP contribution in [-0.2, 0) is 19.4 Å². The van der Waals surface area contributed by atoms with Gasteiger partial charge in [-0.2, -0.15) is 0 Å². The van der Waals surface area contributed by atoms with Gasteiger partial charge in [-0.3, -0.25) is 4.79 Å². The molecule has 1 atom stereocenters. The van der Waals surface area contributed by atoms with E-state index in [2.05, 4.69) is 22.6 Å². The topological polar surface area (TPSA) is 80.8 Å². The maximum absolute atomic E-state index is 12.2. The van der Waals surface area contributed by atoms with Crippen molar-refractivity contribution in [2.24, 2.45) is 0 Å². The summed E-state index contributed by atoms with van der Waals surface area (Å²) in [5.41, 5.74) is 0.379. The molecule has 1 aliphatic rings. The van der Waals surface area contributed by atoms with Gasteiger partial charge >= 0.3 is 5.97 Å². The van der Waals surface area contributed by atoms with Crippen molar-refractivity contribution in [1.82, 2.24) is 4.90 Å². The Hall–Kier alpha value is -1.16. The van der Waals surface area contributed by atoms with Crippen LogP contribution >= 0.6 is 22.6 Å². The summed E-state index contributed by atoms with van der Waals surface area (Å²) < 4.78 is 29.1. The maximum Gasteiger partial charge on any atom is 0.338 e. The molecular formula is C15H18INO5S. The van der Waals surface area contributed by atoms with E-state index in [1.54, 1.807) is 31.2 Å².